The Kier molecular flexibility index (Phi) is 5.73. The van der Waals surface area contributed by atoms with Gasteiger partial charge in [0.05, 0.1) is 17.3 Å². The molecule has 3 aromatic rings. The summed E-state index contributed by atoms with van der Waals surface area (Å²) in [7, 11) is 0. The lowest BCUT2D eigenvalue weighted by Gasteiger charge is -2.15. The van der Waals surface area contributed by atoms with E-state index in [1.165, 1.54) is 6.07 Å². The van der Waals surface area contributed by atoms with Gasteiger partial charge in [0.25, 0.3) is 5.91 Å². The Balaban J connectivity index is 1.67. The minimum atomic E-state index is -0.951. The van der Waals surface area contributed by atoms with Gasteiger partial charge in [0.15, 0.2) is 11.6 Å². The summed E-state index contributed by atoms with van der Waals surface area (Å²) in [6.07, 6.45) is 0. The van der Waals surface area contributed by atoms with E-state index in [0.29, 0.717) is 22.6 Å². The van der Waals surface area contributed by atoms with Crippen LogP contribution in [0.4, 0.5) is 8.78 Å². The molecule has 0 spiro atoms. The Morgan fingerprint density at radius 3 is 2.64 bits per heavy atom. The van der Waals surface area contributed by atoms with Gasteiger partial charge >= 0.3 is 0 Å². The smallest absolute Gasteiger partial charge is 0.251 e. The van der Waals surface area contributed by atoms with Gasteiger partial charge in [0.1, 0.15) is 18.1 Å². The molecule has 5 nitrogen and oxygen atoms in total. The highest BCUT2D eigenvalue weighted by molar-refractivity contribution is 5.94. The average Bonchev–Trinajstić information content (AvgIpc) is 3.00. The minimum absolute atomic E-state index is 0.275. The molecule has 1 amide bonds. The topological polar surface area (TPSA) is 64.4 Å². The summed E-state index contributed by atoms with van der Waals surface area (Å²) in [4.78, 5) is 12.5. The largest absolute Gasteiger partial charge is 0.489 e. The van der Waals surface area contributed by atoms with Crippen molar-refractivity contribution in [2.45, 2.75) is 33.4 Å². The minimum Gasteiger partial charge on any atom is -0.489 e. The number of amides is 1. The number of benzene rings is 2. The van der Waals surface area contributed by atoms with Crippen LogP contribution in [-0.4, -0.2) is 11.1 Å². The normalized spacial score (nSPS) is 11.9. The van der Waals surface area contributed by atoms with E-state index in [0.717, 1.165) is 23.4 Å². The molecule has 0 bridgehead atoms. The number of hydrogen-bond donors (Lipinski definition) is 1. The van der Waals surface area contributed by atoms with Gasteiger partial charge in [-0.15, -0.1) is 0 Å². The standard InChI is InChI=1S/C21H20F2N2O3/c1-12(15-7-8-19(22)20(23)10-15)24-21(26)16-5-4-6-17(9-16)27-11-18-13(2)25-28-14(18)3/h4-10,12H,11H2,1-3H3,(H,24,26)/t12-/m0/s1. The molecule has 2 aromatic carbocycles. The second kappa shape index (κ2) is 8.21. The van der Waals surface area contributed by atoms with Crippen molar-refractivity contribution >= 4 is 5.91 Å². The molecular formula is C21H20F2N2O3. The molecule has 3 rings (SSSR count). The van der Waals surface area contributed by atoms with E-state index in [9.17, 15) is 13.6 Å². The number of hydrogen-bond acceptors (Lipinski definition) is 4. The molecule has 1 aromatic heterocycles. The molecular weight excluding hydrogens is 366 g/mol. The van der Waals surface area contributed by atoms with Crippen molar-refractivity contribution in [1.82, 2.24) is 10.5 Å². The number of ether oxygens (including phenoxy) is 1. The molecule has 1 N–H and O–H groups in total. The van der Waals surface area contributed by atoms with Crippen molar-refractivity contribution in [2.75, 3.05) is 0 Å². The SMILES string of the molecule is Cc1noc(C)c1COc1cccc(C(=O)N[C@@H](C)c2ccc(F)c(F)c2)c1. The van der Waals surface area contributed by atoms with Crippen LogP contribution in [0.15, 0.2) is 47.0 Å². The third-order valence-electron chi connectivity index (χ3n) is 4.45. The fourth-order valence-corrected chi connectivity index (χ4v) is 2.74. The molecule has 1 atom stereocenters. The zero-order valence-electron chi connectivity index (χ0n) is 15.8. The number of aromatic nitrogens is 1. The third-order valence-corrected chi connectivity index (χ3v) is 4.45. The fraction of sp³-hybridized carbons (Fsp3) is 0.238. The van der Waals surface area contributed by atoms with Crippen LogP contribution in [0.1, 0.15) is 45.9 Å². The van der Waals surface area contributed by atoms with Crippen LogP contribution >= 0.6 is 0 Å². The highest BCUT2D eigenvalue weighted by Crippen LogP contribution is 2.20. The lowest BCUT2D eigenvalue weighted by Crippen LogP contribution is -2.26. The van der Waals surface area contributed by atoms with Crippen molar-refractivity contribution in [3.63, 3.8) is 0 Å². The van der Waals surface area contributed by atoms with E-state index in [4.69, 9.17) is 9.26 Å². The third kappa shape index (κ3) is 4.36. The summed E-state index contributed by atoms with van der Waals surface area (Å²) in [6, 6.07) is 9.77. The zero-order valence-corrected chi connectivity index (χ0v) is 15.8. The van der Waals surface area contributed by atoms with Gasteiger partial charge in [-0.25, -0.2) is 8.78 Å². The van der Waals surface area contributed by atoms with Crippen molar-refractivity contribution in [2.24, 2.45) is 0 Å². The molecule has 0 saturated heterocycles. The van der Waals surface area contributed by atoms with Gasteiger partial charge in [-0.2, -0.15) is 0 Å². The van der Waals surface area contributed by atoms with Crippen molar-refractivity contribution < 1.29 is 22.8 Å². The molecule has 0 aliphatic rings. The molecule has 146 valence electrons. The van der Waals surface area contributed by atoms with Crippen molar-refractivity contribution in [1.29, 1.82) is 0 Å². The first kappa shape index (κ1) is 19.5. The first-order chi connectivity index (χ1) is 13.3. The van der Waals surface area contributed by atoms with Gasteiger partial charge in [-0.3, -0.25) is 4.79 Å². The van der Waals surface area contributed by atoms with Gasteiger partial charge in [0.2, 0.25) is 0 Å². The first-order valence-electron chi connectivity index (χ1n) is 8.75. The molecule has 0 aliphatic heterocycles. The summed E-state index contributed by atoms with van der Waals surface area (Å²) in [5.74, 6) is -1.02. The zero-order chi connectivity index (χ0) is 20.3. The van der Waals surface area contributed by atoms with E-state index in [2.05, 4.69) is 10.5 Å². The van der Waals surface area contributed by atoms with Crippen molar-refractivity contribution in [3.8, 4) is 5.75 Å². The molecule has 28 heavy (non-hydrogen) atoms. The van der Waals surface area contributed by atoms with E-state index in [1.807, 2.05) is 13.8 Å². The maximum Gasteiger partial charge on any atom is 0.251 e. The van der Waals surface area contributed by atoms with Crippen LogP contribution in [0.5, 0.6) is 5.75 Å². The first-order valence-corrected chi connectivity index (χ1v) is 8.75. The molecule has 0 fully saturated rings. The number of aryl methyl sites for hydroxylation is 2. The Morgan fingerprint density at radius 2 is 1.96 bits per heavy atom. The van der Waals surface area contributed by atoms with Gasteiger partial charge in [0, 0.05) is 5.56 Å². The number of nitrogens with zero attached hydrogens (tertiary/aromatic N) is 1. The number of nitrogens with one attached hydrogen (secondary N) is 1. The Morgan fingerprint density at radius 1 is 1.18 bits per heavy atom. The van der Waals surface area contributed by atoms with Crippen LogP contribution in [0, 0.1) is 25.5 Å². The predicted molar refractivity (Wildman–Crippen MR) is 99.0 cm³/mol. The second-order valence-corrected chi connectivity index (χ2v) is 6.49. The number of rotatable bonds is 6. The quantitative estimate of drug-likeness (QED) is 0.670. The molecule has 0 saturated carbocycles. The monoisotopic (exact) mass is 386 g/mol. The van der Waals surface area contributed by atoms with Crippen LogP contribution in [0.3, 0.4) is 0 Å². The molecule has 0 unspecified atom stereocenters. The second-order valence-electron chi connectivity index (χ2n) is 6.49. The highest BCUT2D eigenvalue weighted by atomic mass is 19.2. The van der Waals surface area contributed by atoms with E-state index >= 15 is 0 Å². The molecule has 0 radical (unpaired) electrons. The average molecular weight is 386 g/mol. The van der Waals surface area contributed by atoms with Gasteiger partial charge < -0.3 is 14.6 Å². The lowest BCUT2D eigenvalue weighted by atomic mass is 10.1. The number of carbonyl (C=O) groups is 1. The summed E-state index contributed by atoms with van der Waals surface area (Å²) in [6.45, 7) is 5.61. The number of halogens is 2. The van der Waals surface area contributed by atoms with E-state index in [-0.39, 0.29) is 12.5 Å². The molecule has 1 heterocycles. The highest BCUT2D eigenvalue weighted by Gasteiger charge is 2.15. The maximum atomic E-state index is 13.4. The predicted octanol–water partition coefficient (Wildman–Crippen LogP) is 4.64. The number of carbonyl (C=O) groups excluding carboxylic acids is 1. The Hall–Kier alpha value is -3.22. The Bertz CT molecular complexity index is 982. The summed E-state index contributed by atoms with van der Waals surface area (Å²) >= 11 is 0. The summed E-state index contributed by atoms with van der Waals surface area (Å²) < 4.78 is 37.3. The van der Waals surface area contributed by atoms with Gasteiger partial charge in [-0.1, -0.05) is 17.3 Å². The van der Waals surface area contributed by atoms with E-state index in [1.54, 1.807) is 31.2 Å². The fourth-order valence-electron chi connectivity index (χ4n) is 2.74. The summed E-state index contributed by atoms with van der Waals surface area (Å²) in [5, 5.41) is 6.64. The van der Waals surface area contributed by atoms with Crippen LogP contribution in [0.25, 0.3) is 0 Å². The Labute approximate surface area is 161 Å². The molecule has 7 heteroatoms. The van der Waals surface area contributed by atoms with Crippen LogP contribution in [-0.2, 0) is 6.61 Å². The van der Waals surface area contributed by atoms with E-state index < -0.39 is 17.7 Å². The van der Waals surface area contributed by atoms with Crippen LogP contribution in [0.2, 0.25) is 0 Å². The molecule has 0 aliphatic carbocycles. The van der Waals surface area contributed by atoms with Crippen molar-refractivity contribution in [3.05, 3.63) is 82.2 Å². The summed E-state index contributed by atoms with van der Waals surface area (Å²) in [5.41, 5.74) is 2.48. The maximum absolute atomic E-state index is 13.4. The van der Waals surface area contributed by atoms with Gasteiger partial charge in [-0.05, 0) is 56.7 Å². The lowest BCUT2D eigenvalue weighted by molar-refractivity contribution is 0.0939. The van der Waals surface area contributed by atoms with Crippen LogP contribution < -0.4 is 10.1 Å².